The first-order valence-corrected chi connectivity index (χ1v) is 19.9. The topological polar surface area (TPSA) is 38.9 Å². The minimum absolute atomic E-state index is 0.102. The highest BCUT2D eigenvalue weighted by Crippen LogP contribution is 2.51. The summed E-state index contributed by atoms with van der Waals surface area (Å²) in [5.41, 5.74) is 28.4. The molecule has 1 aromatic heterocycles. The summed E-state index contributed by atoms with van der Waals surface area (Å²) in [4.78, 5) is 5.43. The van der Waals surface area contributed by atoms with Gasteiger partial charge in [0.1, 0.15) is 0 Å². The molecular formula is C55H44N2. The van der Waals surface area contributed by atoms with E-state index in [0.29, 0.717) is 5.69 Å². The highest BCUT2D eigenvalue weighted by atomic mass is 14.7. The van der Waals surface area contributed by atoms with Crippen molar-refractivity contribution in [2.24, 2.45) is 0 Å². The van der Waals surface area contributed by atoms with Crippen molar-refractivity contribution in [3.8, 4) is 44.6 Å². The number of nitrogens with zero attached hydrogens (tertiary/aromatic N) is 1. The maximum absolute atomic E-state index is 7.38. The predicted molar refractivity (Wildman–Crippen MR) is 241 cm³/mol. The lowest BCUT2D eigenvalue weighted by Crippen LogP contribution is -2.15. The molecule has 0 aliphatic heterocycles. The lowest BCUT2D eigenvalue weighted by atomic mass is 9.81. The van der Waals surface area contributed by atoms with E-state index in [4.69, 9.17) is 10.7 Å². The third kappa shape index (κ3) is 5.43. The number of rotatable bonds is 6. The van der Waals surface area contributed by atoms with Gasteiger partial charge < -0.3 is 5.73 Å². The van der Waals surface area contributed by atoms with Crippen LogP contribution in [0.1, 0.15) is 66.6 Å². The Balaban J connectivity index is 1.14. The quantitative estimate of drug-likeness (QED) is 0.137. The summed E-state index contributed by atoms with van der Waals surface area (Å²) < 4.78 is 0. The van der Waals surface area contributed by atoms with Gasteiger partial charge in [-0.2, -0.15) is 0 Å². The van der Waals surface area contributed by atoms with Gasteiger partial charge in [0, 0.05) is 27.3 Å². The number of fused-ring (bicyclic) bond motifs is 7. The minimum atomic E-state index is -0.121. The molecule has 1 heterocycles. The van der Waals surface area contributed by atoms with Gasteiger partial charge in [-0.3, -0.25) is 0 Å². The van der Waals surface area contributed by atoms with Gasteiger partial charge in [0.15, 0.2) is 0 Å². The Morgan fingerprint density at radius 2 is 1.07 bits per heavy atom. The van der Waals surface area contributed by atoms with Crippen LogP contribution in [0.25, 0.3) is 66.7 Å². The number of hydrogen-bond donors (Lipinski definition) is 1. The van der Waals surface area contributed by atoms with E-state index in [9.17, 15) is 0 Å². The van der Waals surface area contributed by atoms with Gasteiger partial charge in [0.05, 0.1) is 16.9 Å². The molecule has 0 amide bonds. The van der Waals surface area contributed by atoms with Crippen LogP contribution in [-0.4, -0.2) is 4.98 Å². The van der Waals surface area contributed by atoms with Crippen molar-refractivity contribution in [3.63, 3.8) is 0 Å². The molecule has 10 rings (SSSR count). The number of benzene rings is 7. The smallest absolute Gasteiger partial charge is 0.0951 e. The van der Waals surface area contributed by atoms with Crippen LogP contribution in [-0.2, 0) is 10.8 Å². The summed E-state index contributed by atoms with van der Waals surface area (Å²) >= 11 is 0. The number of anilines is 1. The highest BCUT2D eigenvalue weighted by molar-refractivity contribution is 6.07. The third-order valence-electron chi connectivity index (χ3n) is 12.6. The molecule has 2 aliphatic carbocycles. The van der Waals surface area contributed by atoms with Crippen molar-refractivity contribution in [1.82, 2.24) is 4.98 Å². The molecule has 0 bridgehead atoms. The molecule has 0 saturated carbocycles. The summed E-state index contributed by atoms with van der Waals surface area (Å²) in [5, 5.41) is 1.02. The van der Waals surface area contributed by atoms with Crippen LogP contribution in [0.4, 0.5) is 5.69 Å². The molecule has 0 radical (unpaired) electrons. The fourth-order valence-corrected chi connectivity index (χ4v) is 9.51. The summed E-state index contributed by atoms with van der Waals surface area (Å²) in [6.07, 6.45) is 2.20. The van der Waals surface area contributed by atoms with Gasteiger partial charge in [0.25, 0.3) is 0 Å². The van der Waals surface area contributed by atoms with E-state index in [1.807, 2.05) is 0 Å². The Labute approximate surface area is 335 Å². The Bertz CT molecular complexity index is 2960. The maximum atomic E-state index is 7.38. The van der Waals surface area contributed by atoms with E-state index < -0.39 is 0 Å². The first kappa shape index (κ1) is 34.7. The summed E-state index contributed by atoms with van der Waals surface area (Å²) in [6, 6.07) is 58.8. The summed E-state index contributed by atoms with van der Waals surface area (Å²) in [7, 11) is 0. The van der Waals surface area contributed by atoms with E-state index in [2.05, 4.69) is 204 Å². The molecule has 2 heteroatoms. The Kier molecular flexibility index (Phi) is 7.85. The molecule has 274 valence electrons. The van der Waals surface area contributed by atoms with Crippen LogP contribution >= 0.6 is 0 Å². The molecule has 0 saturated heterocycles. The van der Waals surface area contributed by atoms with Gasteiger partial charge >= 0.3 is 0 Å². The first-order valence-electron chi connectivity index (χ1n) is 19.9. The van der Waals surface area contributed by atoms with Crippen LogP contribution in [0.2, 0.25) is 0 Å². The zero-order valence-electron chi connectivity index (χ0n) is 32.9. The monoisotopic (exact) mass is 732 g/mol. The van der Waals surface area contributed by atoms with Crippen molar-refractivity contribution in [3.05, 3.63) is 215 Å². The van der Waals surface area contributed by atoms with Gasteiger partial charge in [-0.1, -0.05) is 180 Å². The number of aromatic nitrogens is 1. The zero-order chi connectivity index (χ0) is 39.1. The van der Waals surface area contributed by atoms with Crippen molar-refractivity contribution >= 4 is 27.7 Å². The van der Waals surface area contributed by atoms with Crippen molar-refractivity contribution in [2.75, 3.05) is 5.73 Å². The van der Waals surface area contributed by atoms with Gasteiger partial charge in [-0.15, -0.1) is 0 Å². The minimum Gasteiger partial charge on any atom is -0.396 e. The van der Waals surface area contributed by atoms with Crippen LogP contribution in [0, 0.1) is 0 Å². The second-order valence-corrected chi connectivity index (χ2v) is 16.7. The predicted octanol–water partition coefficient (Wildman–Crippen LogP) is 13.9. The van der Waals surface area contributed by atoms with E-state index in [1.165, 1.54) is 44.5 Å². The largest absolute Gasteiger partial charge is 0.396 e. The van der Waals surface area contributed by atoms with Crippen LogP contribution in [0.3, 0.4) is 0 Å². The van der Waals surface area contributed by atoms with Crippen molar-refractivity contribution in [1.29, 1.82) is 0 Å². The Hall–Kier alpha value is -6.77. The Morgan fingerprint density at radius 1 is 0.509 bits per heavy atom. The van der Waals surface area contributed by atoms with Crippen LogP contribution in [0.5, 0.6) is 0 Å². The average Bonchev–Trinajstić information content (AvgIpc) is 3.62. The standard InChI is InChI=1S/C55H44N2/c1-34(37-24-26-41-39-20-12-14-22-47(39)54(2,3)49(41)31-37)30-45(35-16-8-6-9-17-35)43-28-29-44-46(36-18-10-7-11-19-36)33-51(57-53(44)52(43)56)38-25-27-42-40-21-13-15-23-48(40)55(4,5)50(42)32-38/h6-33H,1,56H2,2-5H3/b45-30-. The third-order valence-corrected chi connectivity index (χ3v) is 12.6. The molecule has 7 aromatic carbocycles. The second kappa shape index (κ2) is 12.9. The molecule has 0 spiro atoms. The zero-order valence-corrected chi connectivity index (χ0v) is 32.9. The number of allylic oxidation sites excluding steroid dienone is 2. The fourth-order valence-electron chi connectivity index (χ4n) is 9.51. The lowest BCUT2D eigenvalue weighted by molar-refractivity contribution is 0.660. The molecule has 2 nitrogen and oxygen atoms in total. The molecule has 0 atom stereocenters. The Morgan fingerprint density at radius 3 is 1.74 bits per heavy atom. The first-order chi connectivity index (χ1) is 27.6. The molecular weight excluding hydrogens is 689 g/mol. The van der Waals surface area contributed by atoms with Crippen LogP contribution in [0.15, 0.2) is 176 Å². The number of hydrogen-bond acceptors (Lipinski definition) is 2. The number of nitrogens with two attached hydrogens (primary N) is 1. The molecule has 2 N–H and O–H groups in total. The molecule has 57 heavy (non-hydrogen) atoms. The SMILES string of the molecule is C=C(/C=C(/c1ccccc1)c1ccc2c(-c3ccccc3)cc(-c3ccc4c(c3)C(C)(C)c3ccccc3-4)nc2c1N)c1ccc2c(c1)C(C)(C)c1ccccc1-2. The van der Waals surface area contributed by atoms with E-state index >= 15 is 0 Å². The van der Waals surface area contributed by atoms with Gasteiger partial charge in [-0.05, 0) is 102 Å². The molecule has 0 fully saturated rings. The molecule has 2 aliphatic rings. The average molecular weight is 733 g/mol. The van der Waals surface area contributed by atoms with E-state index in [-0.39, 0.29) is 10.8 Å². The highest BCUT2D eigenvalue weighted by Gasteiger charge is 2.36. The number of pyridine rings is 1. The van der Waals surface area contributed by atoms with Gasteiger partial charge in [0.2, 0.25) is 0 Å². The maximum Gasteiger partial charge on any atom is 0.0951 e. The van der Waals surface area contributed by atoms with E-state index in [1.54, 1.807) is 0 Å². The fraction of sp³-hybridized carbons (Fsp3) is 0.109. The lowest BCUT2D eigenvalue weighted by Gasteiger charge is -2.22. The molecule has 8 aromatic rings. The number of nitrogen functional groups attached to an aromatic ring is 1. The summed E-state index contributed by atoms with van der Waals surface area (Å²) in [6.45, 7) is 13.9. The van der Waals surface area contributed by atoms with Crippen LogP contribution < -0.4 is 5.73 Å². The van der Waals surface area contributed by atoms with E-state index in [0.717, 1.165) is 61.1 Å². The van der Waals surface area contributed by atoms with Gasteiger partial charge in [-0.25, -0.2) is 4.98 Å². The van der Waals surface area contributed by atoms with Crippen molar-refractivity contribution < 1.29 is 0 Å². The van der Waals surface area contributed by atoms with Crippen molar-refractivity contribution in [2.45, 2.75) is 38.5 Å². The second-order valence-electron chi connectivity index (χ2n) is 16.7. The normalized spacial score (nSPS) is 14.5. The molecule has 0 unspecified atom stereocenters. The summed E-state index contributed by atoms with van der Waals surface area (Å²) in [5.74, 6) is 0.